The number of amides is 1. The monoisotopic (exact) mass is 480 g/mol. The van der Waals surface area contributed by atoms with Crippen LogP contribution in [0.3, 0.4) is 0 Å². The van der Waals surface area contributed by atoms with Crippen molar-refractivity contribution >= 4 is 34.8 Å². The third-order valence-corrected chi connectivity index (χ3v) is 6.29. The molecule has 3 heterocycles. The molecule has 6 nitrogen and oxygen atoms in total. The number of carbonyl (C=O) groups is 1. The van der Waals surface area contributed by atoms with Gasteiger partial charge in [-0.15, -0.1) is 0 Å². The number of furan rings is 1. The third-order valence-electron chi connectivity index (χ3n) is 5.73. The van der Waals surface area contributed by atoms with Gasteiger partial charge in [-0.25, -0.2) is 4.68 Å². The molecule has 1 fully saturated rings. The average molecular weight is 481 g/mol. The number of aromatic nitrogens is 2. The molecule has 1 saturated heterocycles. The van der Waals surface area contributed by atoms with Gasteiger partial charge in [-0.3, -0.25) is 4.79 Å². The predicted octanol–water partition coefficient (Wildman–Crippen LogP) is 5.71. The summed E-state index contributed by atoms with van der Waals surface area (Å²) in [5.41, 5.74) is 2.77. The molecule has 2 aromatic heterocycles. The van der Waals surface area contributed by atoms with E-state index in [0.29, 0.717) is 48.3 Å². The van der Waals surface area contributed by atoms with Crippen molar-refractivity contribution in [2.45, 2.75) is 6.92 Å². The van der Waals surface area contributed by atoms with E-state index in [9.17, 15) is 4.79 Å². The lowest BCUT2D eigenvalue weighted by atomic mass is 10.2. The number of halogens is 2. The van der Waals surface area contributed by atoms with E-state index in [0.717, 1.165) is 22.2 Å². The molecular formula is C25H22Cl2N4O2. The maximum atomic E-state index is 13.6. The molecule has 0 unspecified atom stereocenters. The van der Waals surface area contributed by atoms with Crippen LogP contribution in [0.25, 0.3) is 17.1 Å². The van der Waals surface area contributed by atoms with Crippen molar-refractivity contribution in [3.8, 4) is 17.1 Å². The van der Waals surface area contributed by atoms with Crippen molar-refractivity contribution in [3.05, 3.63) is 88.2 Å². The number of rotatable bonds is 4. The van der Waals surface area contributed by atoms with Crippen molar-refractivity contribution in [1.29, 1.82) is 0 Å². The first-order chi connectivity index (χ1) is 16.0. The van der Waals surface area contributed by atoms with Crippen LogP contribution in [0.4, 0.5) is 5.69 Å². The Bertz CT molecular complexity index is 1310. The lowest BCUT2D eigenvalue weighted by Gasteiger charge is -2.36. The average Bonchev–Trinajstić information content (AvgIpc) is 3.46. The Kier molecular flexibility index (Phi) is 5.87. The number of carbonyl (C=O) groups excluding carboxylic acids is 1. The molecule has 8 heteroatoms. The summed E-state index contributed by atoms with van der Waals surface area (Å²) < 4.78 is 7.39. The largest absolute Gasteiger partial charge is 0.460 e. The van der Waals surface area contributed by atoms with Crippen molar-refractivity contribution in [2.24, 2.45) is 0 Å². The van der Waals surface area contributed by atoms with Gasteiger partial charge in [-0.05, 0) is 49.4 Å². The van der Waals surface area contributed by atoms with Gasteiger partial charge in [0.15, 0.2) is 5.76 Å². The van der Waals surface area contributed by atoms with Crippen LogP contribution in [0.5, 0.6) is 0 Å². The highest BCUT2D eigenvalue weighted by Gasteiger charge is 2.27. The minimum absolute atomic E-state index is 0.0872. The first kappa shape index (κ1) is 21.6. The van der Waals surface area contributed by atoms with Crippen LogP contribution in [0.15, 0.2) is 71.1 Å². The van der Waals surface area contributed by atoms with E-state index >= 15 is 0 Å². The molecule has 0 N–H and O–H groups in total. The molecule has 168 valence electrons. The first-order valence-corrected chi connectivity index (χ1v) is 11.5. The second-order valence-electron chi connectivity index (χ2n) is 7.95. The zero-order valence-electron chi connectivity index (χ0n) is 18.0. The Hall–Kier alpha value is -3.22. The highest BCUT2D eigenvalue weighted by Crippen LogP contribution is 2.28. The second kappa shape index (κ2) is 8.96. The summed E-state index contributed by atoms with van der Waals surface area (Å²) in [6.45, 7) is 4.44. The molecule has 4 aromatic rings. The van der Waals surface area contributed by atoms with Gasteiger partial charge in [-0.2, -0.15) is 5.10 Å². The molecule has 33 heavy (non-hydrogen) atoms. The van der Waals surface area contributed by atoms with E-state index in [1.807, 2.05) is 60.4 Å². The summed E-state index contributed by atoms with van der Waals surface area (Å²) in [4.78, 5) is 17.7. The number of anilines is 1. The minimum Gasteiger partial charge on any atom is -0.460 e. The van der Waals surface area contributed by atoms with Gasteiger partial charge in [-0.1, -0.05) is 41.4 Å². The summed E-state index contributed by atoms with van der Waals surface area (Å²) in [5.74, 6) is 1.31. The topological polar surface area (TPSA) is 54.5 Å². The van der Waals surface area contributed by atoms with E-state index in [4.69, 9.17) is 27.6 Å². The van der Waals surface area contributed by atoms with Gasteiger partial charge in [0.1, 0.15) is 17.1 Å². The van der Waals surface area contributed by atoms with Gasteiger partial charge in [0, 0.05) is 37.3 Å². The Morgan fingerprint density at radius 3 is 2.42 bits per heavy atom. The Morgan fingerprint density at radius 2 is 1.73 bits per heavy atom. The van der Waals surface area contributed by atoms with Crippen LogP contribution < -0.4 is 4.90 Å². The summed E-state index contributed by atoms with van der Waals surface area (Å²) >= 11 is 12.6. The molecule has 1 amide bonds. The molecule has 2 aromatic carbocycles. The van der Waals surface area contributed by atoms with E-state index in [2.05, 4.69) is 10.00 Å². The quantitative estimate of drug-likeness (QED) is 0.375. The molecule has 5 rings (SSSR count). The van der Waals surface area contributed by atoms with E-state index in [1.165, 1.54) is 0 Å². The zero-order chi connectivity index (χ0) is 22.9. The Morgan fingerprint density at radius 1 is 0.939 bits per heavy atom. The van der Waals surface area contributed by atoms with Crippen LogP contribution in [0.2, 0.25) is 10.0 Å². The molecule has 0 bridgehead atoms. The minimum atomic E-state index is -0.0872. The van der Waals surface area contributed by atoms with Gasteiger partial charge in [0.05, 0.1) is 16.4 Å². The Labute approximate surface area is 201 Å². The summed E-state index contributed by atoms with van der Waals surface area (Å²) in [6, 6.07) is 20.6. The molecule has 1 aliphatic rings. The number of benzene rings is 2. The number of hydrogen-bond donors (Lipinski definition) is 0. The fourth-order valence-corrected chi connectivity index (χ4v) is 4.49. The van der Waals surface area contributed by atoms with Crippen molar-refractivity contribution in [1.82, 2.24) is 14.7 Å². The second-order valence-corrected chi connectivity index (χ2v) is 8.79. The summed E-state index contributed by atoms with van der Waals surface area (Å²) in [5, 5.41) is 5.98. The van der Waals surface area contributed by atoms with Gasteiger partial charge in [0.25, 0.3) is 5.91 Å². The molecule has 0 spiro atoms. The summed E-state index contributed by atoms with van der Waals surface area (Å²) in [6.07, 6.45) is 0. The van der Waals surface area contributed by atoms with Crippen molar-refractivity contribution < 1.29 is 9.21 Å². The first-order valence-electron chi connectivity index (χ1n) is 10.7. The number of nitrogens with zero attached hydrogens (tertiary/aromatic N) is 4. The van der Waals surface area contributed by atoms with E-state index in [-0.39, 0.29) is 5.91 Å². The van der Waals surface area contributed by atoms with E-state index in [1.54, 1.807) is 22.9 Å². The van der Waals surface area contributed by atoms with Crippen molar-refractivity contribution in [3.63, 3.8) is 0 Å². The van der Waals surface area contributed by atoms with Crippen LogP contribution in [0, 0.1) is 6.92 Å². The molecule has 0 saturated carbocycles. The SMILES string of the molecule is Cc1ccc(-c2cc(C(=O)N3CCN(c4ccccc4Cl)CC3)n(-c3cccc(Cl)c3)n2)o1. The summed E-state index contributed by atoms with van der Waals surface area (Å²) in [7, 11) is 0. The number of hydrogen-bond acceptors (Lipinski definition) is 4. The van der Waals surface area contributed by atoms with Crippen LogP contribution in [-0.2, 0) is 0 Å². The standard InChI is InChI=1S/C25H22Cl2N4O2/c1-17-9-10-24(33-17)21-16-23(31(28-21)19-6-4-5-18(26)15-19)25(32)30-13-11-29(12-14-30)22-8-3-2-7-20(22)27/h2-10,15-16H,11-14H2,1H3. The van der Waals surface area contributed by atoms with Gasteiger partial charge >= 0.3 is 0 Å². The lowest BCUT2D eigenvalue weighted by Crippen LogP contribution is -2.49. The van der Waals surface area contributed by atoms with Crippen LogP contribution in [-0.4, -0.2) is 46.8 Å². The maximum Gasteiger partial charge on any atom is 0.272 e. The highest BCUT2D eigenvalue weighted by atomic mass is 35.5. The molecule has 0 aliphatic carbocycles. The van der Waals surface area contributed by atoms with E-state index < -0.39 is 0 Å². The maximum absolute atomic E-state index is 13.6. The van der Waals surface area contributed by atoms with Crippen molar-refractivity contribution in [2.75, 3.05) is 31.1 Å². The Balaban J connectivity index is 1.44. The van der Waals surface area contributed by atoms with Gasteiger partial charge < -0.3 is 14.2 Å². The molecular weight excluding hydrogens is 459 g/mol. The van der Waals surface area contributed by atoms with Crippen LogP contribution in [0.1, 0.15) is 16.2 Å². The highest BCUT2D eigenvalue weighted by molar-refractivity contribution is 6.33. The number of piperazine rings is 1. The molecule has 0 atom stereocenters. The molecule has 1 aliphatic heterocycles. The zero-order valence-corrected chi connectivity index (χ0v) is 19.6. The van der Waals surface area contributed by atoms with Gasteiger partial charge in [0.2, 0.25) is 0 Å². The third kappa shape index (κ3) is 4.36. The number of para-hydroxylation sites is 1. The lowest BCUT2D eigenvalue weighted by molar-refractivity contribution is 0.0737. The normalized spacial score (nSPS) is 14.0. The number of aryl methyl sites for hydroxylation is 1. The molecule has 0 radical (unpaired) electrons. The predicted molar refractivity (Wildman–Crippen MR) is 131 cm³/mol. The fourth-order valence-electron chi connectivity index (χ4n) is 4.05. The van der Waals surface area contributed by atoms with Crippen LogP contribution >= 0.6 is 23.2 Å². The smallest absolute Gasteiger partial charge is 0.272 e. The fraction of sp³-hybridized carbons (Fsp3) is 0.200.